The van der Waals surface area contributed by atoms with Gasteiger partial charge in [0.1, 0.15) is 5.75 Å². The lowest BCUT2D eigenvalue weighted by atomic mass is 10.0. The van der Waals surface area contributed by atoms with Gasteiger partial charge in [0.05, 0.1) is 7.11 Å². The van der Waals surface area contributed by atoms with Crippen LogP contribution in [0.2, 0.25) is 0 Å². The van der Waals surface area contributed by atoms with Crippen LogP contribution < -0.4 is 4.74 Å². The number of rotatable bonds is 3. The molecule has 0 saturated carbocycles. The molecule has 0 bridgehead atoms. The average molecular weight is 294 g/mol. The molecule has 1 saturated heterocycles. The Hall–Kier alpha value is -1.62. The monoisotopic (exact) mass is 294 g/mol. The van der Waals surface area contributed by atoms with Gasteiger partial charge in [0.15, 0.2) is 0 Å². The lowest BCUT2D eigenvalue weighted by Gasteiger charge is -2.32. The Morgan fingerprint density at radius 3 is 2.71 bits per heavy atom. The zero-order valence-corrected chi connectivity index (χ0v) is 12.4. The van der Waals surface area contributed by atoms with Crippen molar-refractivity contribution in [2.75, 3.05) is 20.2 Å². The van der Waals surface area contributed by atoms with Crippen LogP contribution in [-0.4, -0.2) is 36.0 Å². The van der Waals surface area contributed by atoms with E-state index in [1.165, 1.54) is 0 Å². The Kier molecular flexibility index (Phi) is 3.61. The van der Waals surface area contributed by atoms with Crippen LogP contribution >= 0.6 is 0 Å². The molecule has 2 heterocycles. The van der Waals surface area contributed by atoms with Crippen molar-refractivity contribution in [3.8, 4) is 5.75 Å². The van der Waals surface area contributed by atoms with E-state index in [2.05, 4.69) is 9.88 Å². The molecule has 3 rings (SSSR count). The Morgan fingerprint density at radius 2 is 2.05 bits per heavy atom. The molecule has 3 nitrogen and oxygen atoms in total. The van der Waals surface area contributed by atoms with Crippen molar-refractivity contribution >= 4 is 10.9 Å². The summed E-state index contributed by atoms with van der Waals surface area (Å²) >= 11 is 0. The van der Waals surface area contributed by atoms with Crippen molar-refractivity contribution < 1.29 is 13.5 Å². The van der Waals surface area contributed by atoms with E-state index < -0.39 is 5.92 Å². The smallest absolute Gasteiger partial charge is 0.250 e. The molecule has 0 radical (unpaired) electrons. The minimum absolute atomic E-state index is 0.0581. The quantitative estimate of drug-likeness (QED) is 0.934. The summed E-state index contributed by atoms with van der Waals surface area (Å²) in [5.74, 6) is -1.67. The summed E-state index contributed by atoms with van der Waals surface area (Å²) in [5, 5.41) is 1.11. The van der Waals surface area contributed by atoms with Crippen LogP contribution in [0.5, 0.6) is 5.75 Å². The first kappa shape index (κ1) is 14.3. The number of alkyl halides is 2. The summed E-state index contributed by atoms with van der Waals surface area (Å²) in [5.41, 5.74) is 3.29. The normalized spacial score (nSPS) is 19.0. The fourth-order valence-corrected chi connectivity index (χ4v) is 3.04. The van der Waals surface area contributed by atoms with Crippen molar-refractivity contribution in [1.29, 1.82) is 0 Å². The highest BCUT2D eigenvalue weighted by molar-refractivity contribution is 5.88. The number of hydrogen-bond donors (Lipinski definition) is 1. The van der Waals surface area contributed by atoms with Crippen LogP contribution in [0.1, 0.15) is 24.0 Å². The van der Waals surface area contributed by atoms with Crippen LogP contribution in [0.25, 0.3) is 10.9 Å². The third kappa shape index (κ3) is 2.75. The molecule has 0 atom stereocenters. The molecule has 1 aromatic heterocycles. The lowest BCUT2D eigenvalue weighted by Crippen LogP contribution is -2.38. The maximum absolute atomic E-state index is 13.3. The third-order valence-corrected chi connectivity index (χ3v) is 4.30. The maximum Gasteiger partial charge on any atom is 0.250 e. The summed E-state index contributed by atoms with van der Waals surface area (Å²) in [6, 6.07) is 4.03. The van der Waals surface area contributed by atoms with E-state index in [9.17, 15) is 8.78 Å². The van der Waals surface area contributed by atoms with Crippen molar-refractivity contribution in [3.63, 3.8) is 0 Å². The number of aryl methyl sites for hydroxylation is 1. The number of piperidine rings is 1. The fraction of sp³-hybridized carbons (Fsp3) is 0.500. The van der Waals surface area contributed by atoms with Crippen LogP contribution in [0.15, 0.2) is 18.3 Å². The molecule has 0 spiro atoms. The van der Waals surface area contributed by atoms with Crippen LogP contribution in [0, 0.1) is 6.92 Å². The van der Waals surface area contributed by atoms with Gasteiger partial charge < -0.3 is 9.72 Å². The first-order chi connectivity index (χ1) is 10.00. The number of benzene rings is 1. The highest BCUT2D eigenvalue weighted by Crippen LogP contribution is 2.34. The first-order valence-electron chi connectivity index (χ1n) is 7.24. The number of methoxy groups -OCH3 is 1. The minimum atomic E-state index is -2.50. The molecule has 0 amide bonds. The predicted molar refractivity (Wildman–Crippen MR) is 79.0 cm³/mol. The second kappa shape index (κ2) is 5.30. The second-order valence-corrected chi connectivity index (χ2v) is 5.77. The van der Waals surface area contributed by atoms with Gasteiger partial charge in [0, 0.05) is 55.1 Å². The Balaban J connectivity index is 1.90. The van der Waals surface area contributed by atoms with Gasteiger partial charge in [-0.05, 0) is 24.6 Å². The molecule has 1 fully saturated rings. The lowest BCUT2D eigenvalue weighted by molar-refractivity contribution is -0.0566. The van der Waals surface area contributed by atoms with Gasteiger partial charge in [0.2, 0.25) is 0 Å². The van der Waals surface area contributed by atoms with Crippen LogP contribution in [0.4, 0.5) is 8.78 Å². The largest absolute Gasteiger partial charge is 0.496 e. The Morgan fingerprint density at radius 1 is 1.33 bits per heavy atom. The van der Waals surface area contributed by atoms with Crippen molar-refractivity contribution in [1.82, 2.24) is 9.88 Å². The summed E-state index contributed by atoms with van der Waals surface area (Å²) in [7, 11) is 1.65. The number of hydrogen-bond acceptors (Lipinski definition) is 2. The second-order valence-electron chi connectivity index (χ2n) is 5.77. The molecule has 1 N–H and O–H groups in total. The van der Waals surface area contributed by atoms with E-state index in [0.717, 1.165) is 27.8 Å². The number of halogens is 2. The number of fused-ring (bicyclic) bond motifs is 1. The van der Waals surface area contributed by atoms with Gasteiger partial charge >= 0.3 is 0 Å². The first-order valence-corrected chi connectivity index (χ1v) is 7.24. The maximum atomic E-state index is 13.3. The summed E-state index contributed by atoms with van der Waals surface area (Å²) in [6.07, 6.45) is 1.79. The number of aromatic amines is 1. The molecule has 0 aliphatic carbocycles. The standard InChI is InChI=1S/C16H20F2N2O/c1-11-9-14(21-2)13(12-3-6-19-15(11)12)10-20-7-4-16(17,18)5-8-20/h3,6,9,19H,4-5,7-8,10H2,1-2H3. The molecular formula is C16H20F2N2O. The van der Waals surface area contributed by atoms with Crippen molar-refractivity contribution in [2.24, 2.45) is 0 Å². The van der Waals surface area contributed by atoms with Gasteiger partial charge in [-0.3, -0.25) is 4.90 Å². The van der Waals surface area contributed by atoms with E-state index >= 15 is 0 Å². The number of nitrogens with zero attached hydrogens (tertiary/aromatic N) is 1. The average Bonchev–Trinajstić information content (AvgIpc) is 2.93. The summed E-state index contributed by atoms with van der Waals surface area (Å²) in [4.78, 5) is 5.32. The van der Waals surface area contributed by atoms with E-state index in [1.807, 2.05) is 25.3 Å². The van der Waals surface area contributed by atoms with Gasteiger partial charge in [-0.25, -0.2) is 8.78 Å². The fourth-order valence-electron chi connectivity index (χ4n) is 3.04. The zero-order valence-electron chi connectivity index (χ0n) is 12.4. The van der Waals surface area contributed by atoms with Crippen LogP contribution in [0.3, 0.4) is 0 Å². The van der Waals surface area contributed by atoms with E-state index in [4.69, 9.17) is 4.74 Å². The van der Waals surface area contributed by atoms with Crippen molar-refractivity contribution in [2.45, 2.75) is 32.2 Å². The van der Waals surface area contributed by atoms with Gasteiger partial charge in [-0.15, -0.1) is 0 Å². The highest BCUT2D eigenvalue weighted by atomic mass is 19.3. The van der Waals surface area contributed by atoms with E-state index in [-0.39, 0.29) is 12.8 Å². The highest BCUT2D eigenvalue weighted by Gasteiger charge is 2.34. The minimum Gasteiger partial charge on any atom is -0.496 e. The van der Waals surface area contributed by atoms with Gasteiger partial charge in [-0.1, -0.05) is 0 Å². The molecule has 2 aromatic rings. The third-order valence-electron chi connectivity index (χ3n) is 4.30. The Labute approximate surface area is 122 Å². The van der Waals surface area contributed by atoms with E-state index in [0.29, 0.717) is 19.6 Å². The number of likely N-dealkylation sites (tertiary alicyclic amines) is 1. The molecule has 1 aliphatic heterocycles. The van der Waals surface area contributed by atoms with E-state index in [1.54, 1.807) is 7.11 Å². The van der Waals surface area contributed by atoms with Gasteiger partial charge in [0.25, 0.3) is 5.92 Å². The predicted octanol–water partition coefficient (Wildman–Crippen LogP) is 3.72. The summed E-state index contributed by atoms with van der Waals surface area (Å²) in [6.45, 7) is 3.53. The number of nitrogens with one attached hydrogen (secondary N) is 1. The Bertz CT molecular complexity index is 641. The molecule has 5 heteroatoms. The molecule has 21 heavy (non-hydrogen) atoms. The molecular weight excluding hydrogens is 274 g/mol. The zero-order chi connectivity index (χ0) is 15.0. The molecule has 114 valence electrons. The van der Waals surface area contributed by atoms with Crippen LogP contribution in [-0.2, 0) is 6.54 Å². The SMILES string of the molecule is COc1cc(C)c2[nH]ccc2c1CN1CCC(F)(F)CC1. The summed E-state index contributed by atoms with van der Waals surface area (Å²) < 4.78 is 32.0. The van der Waals surface area contributed by atoms with Crippen molar-refractivity contribution in [3.05, 3.63) is 29.5 Å². The molecule has 1 aromatic carbocycles. The topological polar surface area (TPSA) is 28.3 Å². The van der Waals surface area contributed by atoms with Gasteiger partial charge in [-0.2, -0.15) is 0 Å². The number of H-pyrrole nitrogens is 1. The molecule has 1 aliphatic rings. The number of aromatic nitrogens is 1. The number of ether oxygens (including phenoxy) is 1. The molecule has 0 unspecified atom stereocenters.